The summed E-state index contributed by atoms with van der Waals surface area (Å²) in [5.41, 5.74) is 4.56. The van der Waals surface area contributed by atoms with Crippen molar-refractivity contribution in [1.29, 1.82) is 0 Å². The van der Waals surface area contributed by atoms with E-state index in [0.717, 1.165) is 39.5 Å². The van der Waals surface area contributed by atoms with Gasteiger partial charge in [-0.2, -0.15) is 5.10 Å². The van der Waals surface area contributed by atoms with Crippen LogP contribution in [0.15, 0.2) is 22.3 Å². The Morgan fingerprint density at radius 1 is 1.38 bits per heavy atom. The number of fused-ring (bicyclic) bond motifs is 1. The van der Waals surface area contributed by atoms with Crippen LogP contribution in [0.4, 0.5) is 0 Å². The molecule has 3 rings (SSSR count). The van der Waals surface area contributed by atoms with Crippen LogP contribution in [0.1, 0.15) is 52.9 Å². The van der Waals surface area contributed by atoms with Gasteiger partial charge < -0.3 is 9.94 Å². The number of oxime groups is 1. The fourth-order valence-corrected chi connectivity index (χ4v) is 4.39. The molecule has 2 heterocycles. The summed E-state index contributed by atoms with van der Waals surface area (Å²) in [7, 11) is 0. The van der Waals surface area contributed by atoms with Gasteiger partial charge in [-0.05, 0) is 44.9 Å². The molecular weight excluding hydrogens is 350 g/mol. The van der Waals surface area contributed by atoms with Crippen molar-refractivity contribution in [2.24, 2.45) is 5.16 Å². The van der Waals surface area contributed by atoms with Gasteiger partial charge in [0.15, 0.2) is 5.78 Å². The molecule has 0 saturated carbocycles. The number of rotatable bonds is 5. The van der Waals surface area contributed by atoms with E-state index in [-0.39, 0.29) is 17.2 Å². The smallest absolute Gasteiger partial charge is 0.220 e. The molecule has 0 saturated heterocycles. The van der Waals surface area contributed by atoms with Crippen molar-refractivity contribution in [2.45, 2.75) is 45.6 Å². The van der Waals surface area contributed by atoms with Gasteiger partial charge >= 0.3 is 0 Å². The van der Waals surface area contributed by atoms with E-state index in [1.54, 1.807) is 11.8 Å². The second-order valence-corrected chi connectivity index (χ2v) is 7.26. The molecule has 0 atom stereocenters. The first-order valence-electron chi connectivity index (χ1n) is 8.75. The molecular formula is C19H23N3O3S. The predicted octanol–water partition coefficient (Wildman–Crippen LogP) is 3.69. The lowest BCUT2D eigenvalue weighted by molar-refractivity contribution is 0.103. The molecule has 1 aromatic carbocycles. The standard InChI is InChI=1S/C19H23N3O3S/c1-5-22-19(24)14(10-20-22)17(23)13-9-11(3)18-16(12(13)4)15(7-8-26-18)21-25-6-2/h9-10,24H,5-8H2,1-4H3/b21-15-. The van der Waals surface area contributed by atoms with Crippen molar-refractivity contribution in [2.75, 3.05) is 12.4 Å². The molecule has 0 bridgehead atoms. The average molecular weight is 373 g/mol. The Morgan fingerprint density at radius 3 is 2.81 bits per heavy atom. The Kier molecular flexibility index (Phi) is 5.36. The minimum absolute atomic E-state index is 0.0927. The number of thioether (sulfide) groups is 1. The van der Waals surface area contributed by atoms with Gasteiger partial charge in [0.1, 0.15) is 12.2 Å². The van der Waals surface area contributed by atoms with Crippen LogP contribution in [-0.2, 0) is 11.4 Å². The molecule has 2 aromatic rings. The maximum atomic E-state index is 13.1. The first kappa shape index (κ1) is 18.5. The van der Waals surface area contributed by atoms with Crippen LogP contribution in [0.3, 0.4) is 0 Å². The zero-order valence-corrected chi connectivity index (χ0v) is 16.3. The Bertz CT molecular complexity index is 887. The average Bonchev–Trinajstić information content (AvgIpc) is 3.02. The van der Waals surface area contributed by atoms with E-state index in [0.29, 0.717) is 18.7 Å². The van der Waals surface area contributed by atoms with Crippen molar-refractivity contribution in [1.82, 2.24) is 9.78 Å². The third kappa shape index (κ3) is 3.11. The molecule has 1 aliphatic rings. The van der Waals surface area contributed by atoms with Gasteiger partial charge in [-0.15, -0.1) is 11.8 Å². The zero-order chi connectivity index (χ0) is 18.8. The lowest BCUT2D eigenvalue weighted by Crippen LogP contribution is -2.17. The molecule has 7 heteroatoms. The number of nitrogens with zero attached hydrogens (tertiary/aromatic N) is 3. The van der Waals surface area contributed by atoms with Gasteiger partial charge in [0.05, 0.1) is 11.9 Å². The zero-order valence-electron chi connectivity index (χ0n) is 15.5. The third-order valence-corrected chi connectivity index (χ3v) is 5.73. The number of carbonyl (C=O) groups excluding carboxylic acids is 1. The summed E-state index contributed by atoms with van der Waals surface area (Å²) >= 11 is 1.78. The Balaban J connectivity index is 2.13. The molecule has 6 nitrogen and oxygen atoms in total. The van der Waals surface area contributed by atoms with Crippen molar-refractivity contribution >= 4 is 23.3 Å². The van der Waals surface area contributed by atoms with Crippen LogP contribution in [0.25, 0.3) is 0 Å². The van der Waals surface area contributed by atoms with Gasteiger partial charge in [-0.3, -0.25) is 4.79 Å². The van der Waals surface area contributed by atoms with Gasteiger partial charge in [-0.25, -0.2) is 4.68 Å². The van der Waals surface area contributed by atoms with E-state index >= 15 is 0 Å². The highest BCUT2D eigenvalue weighted by Gasteiger charge is 2.27. The van der Waals surface area contributed by atoms with Gasteiger partial charge in [-0.1, -0.05) is 5.16 Å². The summed E-state index contributed by atoms with van der Waals surface area (Å²) in [5.74, 6) is 0.623. The molecule has 1 N–H and O–H groups in total. The summed E-state index contributed by atoms with van der Waals surface area (Å²) in [6.07, 6.45) is 2.23. The Hall–Kier alpha value is -2.28. The monoisotopic (exact) mass is 373 g/mol. The highest BCUT2D eigenvalue weighted by atomic mass is 32.2. The molecule has 1 aromatic heterocycles. The van der Waals surface area contributed by atoms with Crippen molar-refractivity contribution < 1.29 is 14.7 Å². The summed E-state index contributed by atoms with van der Waals surface area (Å²) in [6, 6.07) is 1.90. The van der Waals surface area contributed by atoms with Gasteiger partial charge in [0, 0.05) is 34.7 Å². The van der Waals surface area contributed by atoms with Crippen molar-refractivity contribution in [3.63, 3.8) is 0 Å². The van der Waals surface area contributed by atoms with Gasteiger partial charge in [0.25, 0.3) is 0 Å². The Morgan fingerprint density at radius 2 is 2.15 bits per heavy atom. The fourth-order valence-electron chi connectivity index (χ4n) is 3.19. The van der Waals surface area contributed by atoms with Crippen molar-refractivity contribution in [3.05, 3.63) is 40.1 Å². The number of benzene rings is 1. The first-order valence-corrected chi connectivity index (χ1v) is 9.73. The summed E-state index contributed by atoms with van der Waals surface area (Å²) in [6.45, 7) is 8.70. The second kappa shape index (κ2) is 7.53. The van der Waals surface area contributed by atoms with E-state index in [4.69, 9.17) is 4.84 Å². The van der Waals surface area contributed by atoms with E-state index < -0.39 is 0 Å². The topological polar surface area (TPSA) is 76.7 Å². The van der Waals surface area contributed by atoms with Crippen molar-refractivity contribution in [3.8, 4) is 5.88 Å². The summed E-state index contributed by atoms with van der Waals surface area (Å²) in [5, 5.41) is 18.6. The number of aromatic nitrogens is 2. The highest BCUT2D eigenvalue weighted by molar-refractivity contribution is 7.99. The van der Waals surface area contributed by atoms with E-state index in [2.05, 4.69) is 10.3 Å². The number of aromatic hydroxyl groups is 1. The number of aryl methyl sites for hydroxylation is 2. The molecule has 0 fully saturated rings. The largest absolute Gasteiger partial charge is 0.493 e. The molecule has 0 amide bonds. The van der Waals surface area contributed by atoms with Crippen LogP contribution >= 0.6 is 11.8 Å². The molecule has 0 radical (unpaired) electrons. The van der Waals surface area contributed by atoms with Crippen LogP contribution in [0, 0.1) is 13.8 Å². The molecule has 1 aliphatic heterocycles. The molecule has 0 aliphatic carbocycles. The molecule has 26 heavy (non-hydrogen) atoms. The highest BCUT2D eigenvalue weighted by Crippen LogP contribution is 2.37. The minimum atomic E-state index is -0.225. The summed E-state index contributed by atoms with van der Waals surface area (Å²) in [4.78, 5) is 19.5. The fraction of sp³-hybridized carbons (Fsp3) is 0.421. The van der Waals surface area contributed by atoms with E-state index in [1.807, 2.05) is 33.8 Å². The SMILES string of the molecule is CCO/N=C1/CCSc2c(C)cc(C(=O)c3cnn(CC)c3O)c(C)c21. The van der Waals surface area contributed by atoms with E-state index in [1.165, 1.54) is 10.9 Å². The van der Waals surface area contributed by atoms with Crippen LogP contribution in [-0.4, -0.2) is 38.7 Å². The summed E-state index contributed by atoms with van der Waals surface area (Å²) < 4.78 is 1.41. The third-order valence-electron chi connectivity index (χ3n) is 4.50. The maximum Gasteiger partial charge on any atom is 0.220 e. The van der Waals surface area contributed by atoms with E-state index in [9.17, 15) is 9.90 Å². The second-order valence-electron chi connectivity index (χ2n) is 6.15. The number of ketones is 1. The number of carbonyl (C=O) groups is 1. The maximum absolute atomic E-state index is 13.1. The van der Waals surface area contributed by atoms with Gasteiger partial charge in [0.2, 0.25) is 5.88 Å². The number of hydrogen-bond donors (Lipinski definition) is 1. The number of hydrogen-bond acceptors (Lipinski definition) is 6. The predicted molar refractivity (Wildman–Crippen MR) is 102 cm³/mol. The quantitative estimate of drug-likeness (QED) is 0.639. The minimum Gasteiger partial charge on any atom is -0.493 e. The normalized spacial score (nSPS) is 15.2. The van der Waals surface area contributed by atoms with Crippen LogP contribution in [0.2, 0.25) is 0 Å². The molecule has 138 valence electrons. The van der Waals surface area contributed by atoms with Crippen LogP contribution in [0.5, 0.6) is 5.88 Å². The molecule has 0 unspecified atom stereocenters. The van der Waals surface area contributed by atoms with Crippen LogP contribution < -0.4 is 0 Å². The molecule has 0 spiro atoms. The first-order chi connectivity index (χ1) is 12.5. The Labute approximate surface area is 157 Å². The lowest BCUT2D eigenvalue weighted by atomic mass is 9.91. The lowest BCUT2D eigenvalue weighted by Gasteiger charge is -2.23.